The molecule has 0 aliphatic carbocycles. The van der Waals surface area contributed by atoms with Crippen molar-refractivity contribution in [3.63, 3.8) is 0 Å². The summed E-state index contributed by atoms with van der Waals surface area (Å²) in [7, 11) is -2.90. The minimum Gasteiger partial charge on any atom is -0.545 e. The number of benzene rings is 2. The van der Waals surface area contributed by atoms with Crippen LogP contribution in [0.15, 0.2) is 47.4 Å². The van der Waals surface area contributed by atoms with Crippen LogP contribution in [0.2, 0.25) is 0 Å². The van der Waals surface area contributed by atoms with E-state index < -0.39 is 26.7 Å². The molecule has 2 rings (SSSR count). The normalized spacial score (nSPS) is 11.0. The van der Waals surface area contributed by atoms with Gasteiger partial charge in [-0.2, -0.15) is 0 Å². The maximum absolute atomic E-state index is 13.3. The van der Waals surface area contributed by atoms with Gasteiger partial charge in [0.25, 0.3) is 10.0 Å². The topological polar surface area (TPSA) is 95.5 Å². The van der Waals surface area contributed by atoms with Crippen LogP contribution in [-0.2, 0) is 10.0 Å². The number of methoxy groups -OCH3 is 1. The van der Waals surface area contributed by atoms with E-state index in [0.717, 1.165) is 18.2 Å². The van der Waals surface area contributed by atoms with E-state index in [0.29, 0.717) is 0 Å². The number of carbonyl (C=O) groups excluding carboxylic acids is 1. The van der Waals surface area contributed by atoms with Gasteiger partial charge in [-0.3, -0.25) is 4.72 Å². The summed E-state index contributed by atoms with van der Waals surface area (Å²) in [5, 5.41) is 10.8. The van der Waals surface area contributed by atoms with Gasteiger partial charge in [0, 0.05) is 5.69 Å². The smallest absolute Gasteiger partial charge is 0.265 e. The van der Waals surface area contributed by atoms with E-state index in [9.17, 15) is 22.7 Å². The molecule has 2 aromatic carbocycles. The Morgan fingerprint density at radius 1 is 1.23 bits per heavy atom. The average molecular weight is 324 g/mol. The number of carboxylic acid groups (broad SMARTS) is 1. The molecule has 1 N–H and O–H groups in total. The van der Waals surface area contributed by atoms with Crippen molar-refractivity contribution in [2.45, 2.75) is 4.90 Å². The number of nitrogens with one attached hydrogen (secondary N) is 1. The Kier molecular flexibility index (Phi) is 4.32. The molecule has 0 heterocycles. The summed E-state index contributed by atoms with van der Waals surface area (Å²) in [6, 6.07) is 8.12. The number of sulfonamides is 1. The van der Waals surface area contributed by atoms with Gasteiger partial charge in [0.05, 0.1) is 13.1 Å². The molecular weight excluding hydrogens is 313 g/mol. The summed E-state index contributed by atoms with van der Waals surface area (Å²) >= 11 is 0. The maximum atomic E-state index is 13.3. The summed E-state index contributed by atoms with van der Waals surface area (Å²) in [5.41, 5.74) is -0.181. The monoisotopic (exact) mass is 324 g/mol. The number of anilines is 1. The molecule has 116 valence electrons. The van der Waals surface area contributed by atoms with Gasteiger partial charge in [0.15, 0.2) is 0 Å². The van der Waals surface area contributed by atoms with E-state index >= 15 is 0 Å². The van der Waals surface area contributed by atoms with E-state index in [1.165, 1.54) is 31.4 Å². The zero-order valence-electron chi connectivity index (χ0n) is 11.4. The van der Waals surface area contributed by atoms with Crippen molar-refractivity contribution >= 4 is 21.7 Å². The fraction of sp³-hybridized carbons (Fsp3) is 0.0714. The Morgan fingerprint density at radius 2 is 1.95 bits per heavy atom. The van der Waals surface area contributed by atoms with Crippen molar-refractivity contribution < 1.29 is 27.4 Å². The molecule has 0 amide bonds. The molecular formula is C14H11FNO5S-. The van der Waals surface area contributed by atoms with E-state index in [-0.39, 0.29) is 17.0 Å². The molecule has 0 unspecified atom stereocenters. The third-order valence-corrected chi connectivity index (χ3v) is 4.17. The molecule has 2 aromatic rings. The first-order valence-electron chi connectivity index (χ1n) is 6.01. The Hall–Kier alpha value is -2.61. The Labute approximate surface area is 126 Å². The second kappa shape index (κ2) is 6.02. The predicted molar refractivity (Wildman–Crippen MR) is 74.5 cm³/mol. The number of ether oxygens (including phenoxy) is 1. The van der Waals surface area contributed by atoms with Gasteiger partial charge < -0.3 is 14.6 Å². The maximum Gasteiger partial charge on any atom is 0.265 e. The van der Waals surface area contributed by atoms with E-state index in [4.69, 9.17) is 4.74 Å². The summed E-state index contributed by atoms with van der Waals surface area (Å²) < 4.78 is 44.9. The molecule has 0 fully saturated rings. The lowest BCUT2D eigenvalue weighted by Gasteiger charge is -2.12. The Morgan fingerprint density at radius 3 is 2.59 bits per heavy atom. The SMILES string of the molecule is COc1ccc(F)cc1S(=O)(=O)Nc1cccc(C(=O)[O-])c1. The lowest BCUT2D eigenvalue weighted by Crippen LogP contribution is -2.22. The largest absolute Gasteiger partial charge is 0.545 e. The molecule has 0 aromatic heterocycles. The van der Waals surface area contributed by atoms with Crippen LogP contribution in [0.3, 0.4) is 0 Å². The zero-order chi connectivity index (χ0) is 16.3. The molecule has 0 radical (unpaired) electrons. The third-order valence-electron chi connectivity index (χ3n) is 2.77. The lowest BCUT2D eigenvalue weighted by atomic mass is 10.2. The molecule has 0 saturated heterocycles. The van der Waals surface area contributed by atoms with Crippen molar-refractivity contribution in [1.29, 1.82) is 0 Å². The van der Waals surface area contributed by atoms with Crippen LogP contribution in [0, 0.1) is 5.82 Å². The van der Waals surface area contributed by atoms with Gasteiger partial charge in [-0.25, -0.2) is 12.8 Å². The van der Waals surface area contributed by atoms with Crippen LogP contribution in [0.25, 0.3) is 0 Å². The molecule has 0 aliphatic rings. The Balaban J connectivity index is 2.42. The van der Waals surface area contributed by atoms with Gasteiger partial charge in [0.1, 0.15) is 16.5 Å². The van der Waals surface area contributed by atoms with Crippen molar-refractivity contribution in [3.8, 4) is 5.75 Å². The predicted octanol–water partition coefficient (Wildman–Crippen LogP) is 0.999. The molecule has 6 nitrogen and oxygen atoms in total. The van der Waals surface area contributed by atoms with Crippen LogP contribution < -0.4 is 14.6 Å². The zero-order valence-corrected chi connectivity index (χ0v) is 12.2. The van der Waals surface area contributed by atoms with E-state index in [1.807, 2.05) is 0 Å². The van der Waals surface area contributed by atoms with Gasteiger partial charge in [-0.1, -0.05) is 12.1 Å². The van der Waals surface area contributed by atoms with Crippen LogP contribution in [0.4, 0.5) is 10.1 Å². The molecule has 0 aliphatic heterocycles. The van der Waals surface area contributed by atoms with Gasteiger partial charge >= 0.3 is 0 Å². The van der Waals surface area contributed by atoms with E-state index in [1.54, 1.807) is 0 Å². The van der Waals surface area contributed by atoms with Crippen molar-refractivity contribution in [1.82, 2.24) is 0 Å². The number of hydrogen-bond donors (Lipinski definition) is 1. The van der Waals surface area contributed by atoms with Crippen LogP contribution in [-0.4, -0.2) is 21.5 Å². The van der Waals surface area contributed by atoms with Crippen LogP contribution in [0.5, 0.6) is 5.75 Å². The highest BCUT2D eigenvalue weighted by Gasteiger charge is 2.20. The second-order valence-corrected chi connectivity index (χ2v) is 5.92. The van der Waals surface area contributed by atoms with Gasteiger partial charge in [0.2, 0.25) is 0 Å². The molecule has 22 heavy (non-hydrogen) atoms. The van der Waals surface area contributed by atoms with Gasteiger partial charge in [-0.05, 0) is 35.9 Å². The van der Waals surface area contributed by atoms with E-state index in [2.05, 4.69) is 4.72 Å². The molecule has 0 saturated carbocycles. The number of carbonyl (C=O) groups is 1. The lowest BCUT2D eigenvalue weighted by molar-refractivity contribution is -0.255. The summed E-state index contributed by atoms with van der Waals surface area (Å²) in [6.45, 7) is 0. The fourth-order valence-corrected chi connectivity index (χ4v) is 3.01. The number of carboxylic acids is 1. The number of rotatable bonds is 5. The first-order valence-corrected chi connectivity index (χ1v) is 7.49. The van der Waals surface area contributed by atoms with Crippen LogP contribution in [0.1, 0.15) is 10.4 Å². The Bertz CT molecular complexity index is 820. The average Bonchev–Trinajstić information content (AvgIpc) is 2.47. The second-order valence-electron chi connectivity index (χ2n) is 4.27. The van der Waals surface area contributed by atoms with Crippen molar-refractivity contribution in [2.24, 2.45) is 0 Å². The standard InChI is InChI=1S/C14H12FNO5S/c1-21-12-6-5-10(15)8-13(12)22(19,20)16-11-4-2-3-9(7-11)14(17)18/h2-8,16H,1H3,(H,17,18)/p-1. The van der Waals surface area contributed by atoms with Crippen molar-refractivity contribution in [2.75, 3.05) is 11.8 Å². The highest BCUT2D eigenvalue weighted by molar-refractivity contribution is 7.92. The minimum atomic E-state index is -4.15. The minimum absolute atomic E-state index is 0.00742. The molecule has 0 bridgehead atoms. The first kappa shape index (κ1) is 15.8. The highest BCUT2D eigenvalue weighted by Crippen LogP contribution is 2.26. The quantitative estimate of drug-likeness (QED) is 0.885. The highest BCUT2D eigenvalue weighted by atomic mass is 32.2. The summed E-state index contributed by atoms with van der Waals surface area (Å²) in [6.07, 6.45) is 0. The number of hydrogen-bond acceptors (Lipinski definition) is 5. The van der Waals surface area contributed by atoms with Crippen LogP contribution >= 0.6 is 0 Å². The molecule has 0 spiro atoms. The number of aromatic carboxylic acids is 1. The molecule has 0 atom stereocenters. The number of halogens is 1. The van der Waals surface area contributed by atoms with Crippen molar-refractivity contribution in [3.05, 3.63) is 53.8 Å². The summed E-state index contributed by atoms with van der Waals surface area (Å²) in [4.78, 5) is 10.4. The fourth-order valence-electron chi connectivity index (χ4n) is 1.78. The molecule has 8 heteroatoms. The first-order chi connectivity index (χ1) is 10.3. The van der Waals surface area contributed by atoms with Gasteiger partial charge in [-0.15, -0.1) is 0 Å². The summed E-state index contributed by atoms with van der Waals surface area (Å²) in [5.74, 6) is -2.22. The third kappa shape index (κ3) is 3.34.